The second-order valence-corrected chi connectivity index (χ2v) is 8.28. The van der Waals surface area contributed by atoms with Crippen LogP contribution < -0.4 is 5.32 Å². The van der Waals surface area contributed by atoms with E-state index in [0.717, 1.165) is 18.4 Å². The highest BCUT2D eigenvalue weighted by Gasteiger charge is 2.24. The number of carbonyl (C=O) groups is 1. The summed E-state index contributed by atoms with van der Waals surface area (Å²) in [6.07, 6.45) is 13.6. The van der Waals surface area contributed by atoms with Gasteiger partial charge in [0.1, 0.15) is 17.0 Å². The molecule has 0 aliphatic heterocycles. The van der Waals surface area contributed by atoms with Crippen molar-refractivity contribution in [1.29, 1.82) is 0 Å². The van der Waals surface area contributed by atoms with Gasteiger partial charge in [-0.1, -0.05) is 92.7 Å². The zero-order valence-electron chi connectivity index (χ0n) is 16.8. The van der Waals surface area contributed by atoms with Crippen LogP contribution in [0.2, 0.25) is 5.02 Å². The number of carbonyl (C=O) groups excluding carboxylic acids is 1. The first kappa shape index (κ1) is 20.9. The number of hydrogen-bond acceptors (Lipinski definition) is 3. The minimum Gasteiger partial charge on any atom is -0.360 e. The maximum atomic E-state index is 13.1. The van der Waals surface area contributed by atoms with Crippen LogP contribution in [-0.2, 0) is 0 Å². The van der Waals surface area contributed by atoms with Gasteiger partial charge in [-0.05, 0) is 25.8 Å². The van der Waals surface area contributed by atoms with Gasteiger partial charge < -0.3 is 9.84 Å². The average molecular weight is 403 g/mol. The highest BCUT2D eigenvalue weighted by molar-refractivity contribution is 6.33. The number of benzene rings is 1. The van der Waals surface area contributed by atoms with Crippen LogP contribution in [0.25, 0.3) is 11.3 Å². The van der Waals surface area contributed by atoms with E-state index >= 15 is 0 Å². The molecule has 1 aliphatic rings. The monoisotopic (exact) mass is 402 g/mol. The molecule has 0 bridgehead atoms. The van der Waals surface area contributed by atoms with Crippen molar-refractivity contribution in [3.05, 3.63) is 40.6 Å². The SMILES string of the molecule is Cc1onc(-c2ccccc2Cl)c1C(=O)NC1CCCCCCCCCCC1. The molecule has 28 heavy (non-hydrogen) atoms. The Balaban J connectivity index is 1.72. The predicted molar refractivity (Wildman–Crippen MR) is 114 cm³/mol. The predicted octanol–water partition coefficient (Wildman–Crippen LogP) is 6.71. The number of nitrogens with one attached hydrogen (secondary N) is 1. The van der Waals surface area contributed by atoms with Crippen LogP contribution >= 0.6 is 11.6 Å². The molecular weight excluding hydrogens is 372 g/mol. The molecule has 0 atom stereocenters. The number of nitrogens with zero attached hydrogens (tertiary/aromatic N) is 1. The van der Waals surface area contributed by atoms with E-state index in [2.05, 4.69) is 10.5 Å². The second kappa shape index (κ2) is 10.7. The van der Waals surface area contributed by atoms with E-state index in [9.17, 15) is 4.79 Å². The molecule has 1 saturated carbocycles. The topological polar surface area (TPSA) is 55.1 Å². The second-order valence-electron chi connectivity index (χ2n) is 7.87. The fraction of sp³-hybridized carbons (Fsp3) is 0.565. The Labute approximate surface area is 173 Å². The Morgan fingerprint density at radius 2 is 1.57 bits per heavy atom. The molecule has 0 saturated heterocycles. The number of halogens is 1. The molecule has 1 fully saturated rings. The molecule has 0 spiro atoms. The quantitative estimate of drug-likeness (QED) is 0.620. The molecule has 3 rings (SSSR count). The minimum absolute atomic E-state index is 0.106. The van der Waals surface area contributed by atoms with Gasteiger partial charge in [0.2, 0.25) is 0 Å². The fourth-order valence-corrected chi connectivity index (χ4v) is 4.27. The average Bonchev–Trinajstić information content (AvgIpc) is 3.05. The van der Waals surface area contributed by atoms with E-state index in [-0.39, 0.29) is 11.9 Å². The molecule has 152 valence electrons. The van der Waals surface area contributed by atoms with Crippen molar-refractivity contribution >= 4 is 17.5 Å². The highest BCUT2D eigenvalue weighted by atomic mass is 35.5. The zero-order valence-corrected chi connectivity index (χ0v) is 17.6. The number of aromatic nitrogens is 1. The van der Waals surface area contributed by atoms with E-state index in [0.29, 0.717) is 22.0 Å². The summed E-state index contributed by atoms with van der Waals surface area (Å²) in [7, 11) is 0. The molecule has 1 aliphatic carbocycles. The number of rotatable bonds is 3. The molecule has 4 nitrogen and oxygen atoms in total. The largest absolute Gasteiger partial charge is 0.360 e. The van der Waals surface area contributed by atoms with E-state index in [4.69, 9.17) is 16.1 Å². The van der Waals surface area contributed by atoms with Crippen molar-refractivity contribution in [2.24, 2.45) is 0 Å². The van der Waals surface area contributed by atoms with Gasteiger partial charge in [0.15, 0.2) is 0 Å². The van der Waals surface area contributed by atoms with E-state index in [1.165, 1.54) is 57.8 Å². The molecular formula is C23H31ClN2O2. The molecule has 1 N–H and O–H groups in total. The third-order valence-electron chi connectivity index (χ3n) is 5.66. The summed E-state index contributed by atoms with van der Waals surface area (Å²) >= 11 is 6.33. The number of aryl methyl sites for hydroxylation is 1. The van der Waals surface area contributed by atoms with Crippen molar-refractivity contribution < 1.29 is 9.32 Å². The van der Waals surface area contributed by atoms with Crippen molar-refractivity contribution in [3.63, 3.8) is 0 Å². The van der Waals surface area contributed by atoms with Crippen LogP contribution in [0.3, 0.4) is 0 Å². The summed E-state index contributed by atoms with van der Waals surface area (Å²) in [6, 6.07) is 7.63. The third kappa shape index (κ3) is 5.60. The lowest BCUT2D eigenvalue weighted by atomic mass is 9.97. The van der Waals surface area contributed by atoms with Crippen LogP contribution in [-0.4, -0.2) is 17.1 Å². The molecule has 0 radical (unpaired) electrons. The minimum atomic E-state index is -0.106. The van der Waals surface area contributed by atoms with Gasteiger partial charge in [-0.2, -0.15) is 0 Å². The lowest BCUT2D eigenvalue weighted by Crippen LogP contribution is -2.35. The van der Waals surface area contributed by atoms with Gasteiger partial charge in [-0.15, -0.1) is 0 Å². The summed E-state index contributed by atoms with van der Waals surface area (Å²) in [5.41, 5.74) is 1.75. The van der Waals surface area contributed by atoms with Gasteiger partial charge in [-0.3, -0.25) is 4.79 Å². The summed E-state index contributed by atoms with van der Waals surface area (Å²) in [4.78, 5) is 13.1. The van der Waals surface area contributed by atoms with Crippen molar-refractivity contribution in [1.82, 2.24) is 10.5 Å². The van der Waals surface area contributed by atoms with E-state index < -0.39 is 0 Å². The van der Waals surface area contributed by atoms with Gasteiger partial charge >= 0.3 is 0 Å². The first-order chi connectivity index (χ1) is 13.7. The molecule has 1 aromatic carbocycles. The van der Waals surface area contributed by atoms with Crippen LogP contribution in [0.1, 0.15) is 86.7 Å². The van der Waals surface area contributed by atoms with Crippen LogP contribution in [0.4, 0.5) is 0 Å². The molecule has 2 aromatic rings. The van der Waals surface area contributed by atoms with Gasteiger partial charge in [0.05, 0.1) is 5.02 Å². The summed E-state index contributed by atoms with van der Waals surface area (Å²) in [5.74, 6) is 0.423. The molecule has 1 aromatic heterocycles. The van der Waals surface area contributed by atoms with E-state index in [1.54, 1.807) is 13.0 Å². The highest BCUT2D eigenvalue weighted by Crippen LogP contribution is 2.31. The molecule has 1 heterocycles. The first-order valence-corrected chi connectivity index (χ1v) is 11.1. The summed E-state index contributed by atoms with van der Waals surface area (Å²) in [6.45, 7) is 1.78. The van der Waals surface area contributed by atoms with Crippen molar-refractivity contribution in [3.8, 4) is 11.3 Å². The standard InChI is InChI=1S/C23H31ClN2O2/c1-17-21(22(26-28-17)19-15-11-12-16-20(19)24)23(27)25-18-13-9-7-5-3-2-4-6-8-10-14-18/h11-12,15-16,18H,2-10,13-14H2,1H3,(H,25,27). The maximum absolute atomic E-state index is 13.1. The molecule has 1 amide bonds. The summed E-state index contributed by atoms with van der Waals surface area (Å²) in [5, 5.41) is 7.95. The number of hydrogen-bond donors (Lipinski definition) is 1. The first-order valence-electron chi connectivity index (χ1n) is 10.7. The Morgan fingerprint density at radius 1 is 1.00 bits per heavy atom. The Kier molecular flexibility index (Phi) is 7.96. The molecule has 0 unspecified atom stereocenters. The maximum Gasteiger partial charge on any atom is 0.257 e. The Hall–Kier alpha value is -1.81. The smallest absolute Gasteiger partial charge is 0.257 e. The van der Waals surface area contributed by atoms with Gasteiger partial charge in [-0.25, -0.2) is 0 Å². The fourth-order valence-electron chi connectivity index (χ4n) is 4.04. The number of amides is 1. The van der Waals surface area contributed by atoms with Crippen molar-refractivity contribution in [2.45, 2.75) is 83.6 Å². The lowest BCUT2D eigenvalue weighted by molar-refractivity contribution is 0.0930. The van der Waals surface area contributed by atoms with Gasteiger partial charge in [0.25, 0.3) is 5.91 Å². The third-order valence-corrected chi connectivity index (χ3v) is 5.99. The Morgan fingerprint density at radius 3 is 2.18 bits per heavy atom. The van der Waals surface area contributed by atoms with Crippen molar-refractivity contribution in [2.75, 3.05) is 0 Å². The van der Waals surface area contributed by atoms with E-state index in [1.807, 2.05) is 18.2 Å². The van der Waals surface area contributed by atoms with Crippen LogP contribution in [0.5, 0.6) is 0 Å². The van der Waals surface area contributed by atoms with Gasteiger partial charge in [0, 0.05) is 11.6 Å². The van der Waals surface area contributed by atoms with Crippen LogP contribution in [0, 0.1) is 6.92 Å². The zero-order chi connectivity index (χ0) is 19.8. The normalized spacial score (nSPS) is 17.5. The lowest BCUT2D eigenvalue weighted by Gasteiger charge is -2.19. The van der Waals surface area contributed by atoms with Crippen LogP contribution in [0.15, 0.2) is 28.8 Å². The molecule has 5 heteroatoms. The Bertz CT molecular complexity index is 760. The summed E-state index contributed by atoms with van der Waals surface area (Å²) < 4.78 is 5.36.